The van der Waals surface area contributed by atoms with Crippen LogP contribution in [0.25, 0.3) is 0 Å². The molecule has 0 aliphatic carbocycles. The van der Waals surface area contributed by atoms with Crippen LogP contribution in [-0.4, -0.2) is 35.8 Å². The molecule has 8 nitrogen and oxygen atoms in total. The summed E-state index contributed by atoms with van der Waals surface area (Å²) >= 11 is 0. The van der Waals surface area contributed by atoms with Crippen molar-refractivity contribution in [2.24, 2.45) is 0 Å². The van der Waals surface area contributed by atoms with Crippen LogP contribution in [0.1, 0.15) is 63.5 Å². The van der Waals surface area contributed by atoms with Gasteiger partial charge in [0.25, 0.3) is 0 Å². The Morgan fingerprint density at radius 3 is 1.32 bits per heavy atom. The van der Waals surface area contributed by atoms with Crippen molar-refractivity contribution >= 4 is 35.0 Å². The molecule has 4 amide bonds. The summed E-state index contributed by atoms with van der Waals surface area (Å²) < 4.78 is 11.4. The van der Waals surface area contributed by atoms with E-state index in [1.807, 2.05) is 27.7 Å². The van der Waals surface area contributed by atoms with Gasteiger partial charge in [-0.1, -0.05) is 30.3 Å². The molecule has 2 aliphatic rings. The van der Waals surface area contributed by atoms with Crippen LogP contribution < -0.4 is 19.3 Å². The molecular weight excluding hydrogens is 508 g/mol. The number of nitrogens with zero attached hydrogens (tertiary/aromatic N) is 2. The maximum absolute atomic E-state index is 13.4. The first-order chi connectivity index (χ1) is 19.1. The first-order valence-corrected chi connectivity index (χ1v) is 13.5. The molecule has 0 radical (unpaired) electrons. The van der Waals surface area contributed by atoms with Crippen molar-refractivity contribution < 1.29 is 28.7 Å². The molecule has 2 atom stereocenters. The van der Waals surface area contributed by atoms with Gasteiger partial charge in [-0.2, -0.15) is 0 Å². The van der Waals surface area contributed by atoms with E-state index in [0.29, 0.717) is 22.9 Å². The Morgan fingerprint density at radius 1 is 0.600 bits per heavy atom. The summed E-state index contributed by atoms with van der Waals surface area (Å²) in [5, 5.41) is 0. The van der Waals surface area contributed by atoms with E-state index in [1.165, 1.54) is 0 Å². The van der Waals surface area contributed by atoms with Crippen molar-refractivity contribution in [1.29, 1.82) is 0 Å². The minimum Gasteiger partial charge on any atom is -0.491 e. The largest absolute Gasteiger partial charge is 0.491 e. The lowest BCUT2D eigenvalue weighted by Crippen LogP contribution is -2.32. The number of carbonyl (C=O) groups excluding carboxylic acids is 4. The molecule has 0 N–H and O–H groups in total. The second kappa shape index (κ2) is 11.0. The van der Waals surface area contributed by atoms with Gasteiger partial charge in [0.05, 0.1) is 35.4 Å². The van der Waals surface area contributed by atoms with Gasteiger partial charge in [0.15, 0.2) is 0 Å². The molecule has 0 saturated carbocycles. The molecule has 5 rings (SSSR count). The van der Waals surface area contributed by atoms with E-state index in [4.69, 9.17) is 9.47 Å². The quantitative estimate of drug-likeness (QED) is 0.358. The summed E-state index contributed by atoms with van der Waals surface area (Å²) in [7, 11) is 0. The molecule has 8 heteroatoms. The summed E-state index contributed by atoms with van der Waals surface area (Å²) in [6.07, 6.45) is 0.122. The third kappa shape index (κ3) is 5.34. The lowest BCUT2D eigenvalue weighted by molar-refractivity contribution is -0.123. The third-order valence-corrected chi connectivity index (χ3v) is 6.95. The Bertz CT molecular complexity index is 1340. The van der Waals surface area contributed by atoms with E-state index in [2.05, 4.69) is 0 Å². The molecule has 206 valence electrons. The average Bonchev–Trinajstić information content (AvgIpc) is 3.38. The Balaban J connectivity index is 1.34. The predicted octanol–water partition coefficient (Wildman–Crippen LogP) is 5.36. The SMILES string of the molecule is CC(C)Oc1ccc([C@@H]2CC(=O)N(c3cccc(N4C(=O)C[C@@H](c5ccc(OC(C)C)cc5)C4=O)c3)C2=O)cc1. The van der Waals surface area contributed by atoms with Crippen molar-refractivity contribution in [3.63, 3.8) is 0 Å². The number of hydrogen-bond donors (Lipinski definition) is 0. The van der Waals surface area contributed by atoms with E-state index in [-0.39, 0.29) is 48.7 Å². The van der Waals surface area contributed by atoms with Crippen molar-refractivity contribution in [3.8, 4) is 11.5 Å². The molecule has 2 saturated heterocycles. The first-order valence-electron chi connectivity index (χ1n) is 13.5. The zero-order chi connectivity index (χ0) is 28.6. The number of ether oxygens (including phenoxy) is 2. The number of hydrogen-bond acceptors (Lipinski definition) is 6. The molecule has 0 bridgehead atoms. The van der Waals surface area contributed by atoms with Crippen LogP contribution in [0.2, 0.25) is 0 Å². The van der Waals surface area contributed by atoms with Crippen LogP contribution in [0, 0.1) is 0 Å². The Kier molecular flexibility index (Phi) is 7.43. The third-order valence-electron chi connectivity index (χ3n) is 6.95. The zero-order valence-electron chi connectivity index (χ0n) is 23.0. The molecule has 0 spiro atoms. The molecule has 3 aromatic carbocycles. The molecule has 3 aromatic rings. The molecule has 40 heavy (non-hydrogen) atoms. The highest BCUT2D eigenvalue weighted by molar-refractivity contribution is 6.25. The monoisotopic (exact) mass is 540 g/mol. The molecule has 0 aromatic heterocycles. The Hall–Kier alpha value is -4.46. The summed E-state index contributed by atoms with van der Waals surface area (Å²) in [6, 6.07) is 20.8. The number of imide groups is 2. The van der Waals surface area contributed by atoms with Crippen LogP contribution in [0.15, 0.2) is 72.8 Å². The maximum atomic E-state index is 13.4. The van der Waals surface area contributed by atoms with Gasteiger partial charge in [-0.3, -0.25) is 19.2 Å². The number of anilines is 2. The van der Waals surface area contributed by atoms with Gasteiger partial charge in [0.1, 0.15) is 11.5 Å². The van der Waals surface area contributed by atoms with Crippen LogP contribution >= 0.6 is 0 Å². The van der Waals surface area contributed by atoms with Crippen molar-refractivity contribution in [1.82, 2.24) is 0 Å². The zero-order valence-corrected chi connectivity index (χ0v) is 23.0. The van der Waals surface area contributed by atoms with Gasteiger partial charge < -0.3 is 9.47 Å². The number of amides is 4. The molecule has 2 aliphatic heterocycles. The van der Waals surface area contributed by atoms with Gasteiger partial charge in [0, 0.05) is 12.8 Å². The summed E-state index contributed by atoms with van der Waals surface area (Å²) in [5.74, 6) is -1.22. The topological polar surface area (TPSA) is 93.2 Å². The average molecular weight is 541 g/mol. The second-order valence-electron chi connectivity index (χ2n) is 10.6. The molecule has 2 heterocycles. The maximum Gasteiger partial charge on any atom is 0.241 e. The standard InChI is InChI=1S/C32H32N2O6/c1-19(2)39-25-12-8-21(9-13-25)27-17-29(35)33(31(27)37)23-6-5-7-24(16-23)34-30(36)18-28(32(34)38)22-10-14-26(15-11-22)40-20(3)4/h5-16,19-20,27-28H,17-18H2,1-4H3/t27-,28-/m0/s1. The van der Waals surface area contributed by atoms with Gasteiger partial charge in [0.2, 0.25) is 23.6 Å². The molecule has 2 fully saturated rings. The van der Waals surface area contributed by atoms with Crippen molar-refractivity contribution in [3.05, 3.63) is 83.9 Å². The van der Waals surface area contributed by atoms with E-state index >= 15 is 0 Å². The fraction of sp³-hybridized carbons (Fsp3) is 0.312. The minimum atomic E-state index is -0.619. The Labute approximate surface area is 233 Å². The van der Waals surface area contributed by atoms with E-state index in [0.717, 1.165) is 20.9 Å². The predicted molar refractivity (Wildman–Crippen MR) is 151 cm³/mol. The van der Waals surface area contributed by atoms with Crippen LogP contribution in [0.5, 0.6) is 11.5 Å². The smallest absolute Gasteiger partial charge is 0.241 e. The normalized spacial score (nSPS) is 19.4. The first kappa shape index (κ1) is 27.1. The highest BCUT2D eigenvalue weighted by atomic mass is 16.5. The highest BCUT2D eigenvalue weighted by Crippen LogP contribution is 2.38. The summed E-state index contributed by atoms with van der Waals surface area (Å²) in [6.45, 7) is 7.73. The molecular formula is C32H32N2O6. The number of rotatable bonds is 8. The van der Waals surface area contributed by atoms with E-state index in [9.17, 15) is 19.2 Å². The number of carbonyl (C=O) groups is 4. The van der Waals surface area contributed by atoms with Gasteiger partial charge in [-0.15, -0.1) is 0 Å². The highest BCUT2D eigenvalue weighted by Gasteiger charge is 2.43. The lowest BCUT2D eigenvalue weighted by atomic mass is 9.97. The molecule has 0 unspecified atom stereocenters. The van der Waals surface area contributed by atoms with Crippen LogP contribution in [-0.2, 0) is 19.2 Å². The van der Waals surface area contributed by atoms with Crippen molar-refractivity contribution in [2.45, 2.75) is 64.6 Å². The van der Waals surface area contributed by atoms with Crippen LogP contribution in [0.4, 0.5) is 11.4 Å². The van der Waals surface area contributed by atoms with E-state index in [1.54, 1.807) is 72.8 Å². The van der Waals surface area contributed by atoms with Gasteiger partial charge in [-0.05, 0) is 81.3 Å². The van der Waals surface area contributed by atoms with Gasteiger partial charge >= 0.3 is 0 Å². The Morgan fingerprint density at radius 2 is 0.975 bits per heavy atom. The second-order valence-corrected chi connectivity index (χ2v) is 10.6. The number of benzene rings is 3. The minimum absolute atomic E-state index is 0.0258. The van der Waals surface area contributed by atoms with Crippen molar-refractivity contribution in [2.75, 3.05) is 9.80 Å². The summed E-state index contributed by atoms with van der Waals surface area (Å²) in [5.41, 5.74) is 2.11. The van der Waals surface area contributed by atoms with E-state index < -0.39 is 11.8 Å². The van der Waals surface area contributed by atoms with Gasteiger partial charge in [-0.25, -0.2) is 9.80 Å². The fourth-order valence-corrected chi connectivity index (χ4v) is 5.20. The fourth-order valence-electron chi connectivity index (χ4n) is 5.20. The van der Waals surface area contributed by atoms with Crippen LogP contribution in [0.3, 0.4) is 0 Å². The summed E-state index contributed by atoms with van der Waals surface area (Å²) in [4.78, 5) is 55.1. The lowest BCUT2D eigenvalue weighted by Gasteiger charge is -2.20.